The van der Waals surface area contributed by atoms with Crippen LogP contribution in [0.25, 0.3) is 0 Å². The van der Waals surface area contributed by atoms with E-state index in [-0.39, 0.29) is 29.5 Å². The molecule has 1 saturated carbocycles. The number of nitrogens with one attached hydrogen (secondary N) is 2. The minimum atomic E-state index is -0.265. The predicted octanol–water partition coefficient (Wildman–Crippen LogP) is 2.87. The van der Waals surface area contributed by atoms with Crippen molar-refractivity contribution in [2.45, 2.75) is 25.7 Å². The van der Waals surface area contributed by atoms with Crippen molar-refractivity contribution in [2.75, 3.05) is 13.1 Å². The maximum atomic E-state index is 12.9. The molecule has 4 nitrogen and oxygen atoms in total. The largest absolute Gasteiger partial charge is 0.356 e. The summed E-state index contributed by atoms with van der Waals surface area (Å²) in [5.74, 6) is -0.776. The highest BCUT2D eigenvalue weighted by Crippen LogP contribution is 2.38. The molecule has 2 atom stereocenters. The summed E-state index contributed by atoms with van der Waals surface area (Å²) in [4.78, 5) is 24.3. The third-order valence-electron chi connectivity index (χ3n) is 4.87. The van der Waals surface area contributed by atoms with Crippen molar-refractivity contribution in [1.82, 2.24) is 10.6 Å². The van der Waals surface area contributed by atoms with E-state index in [9.17, 15) is 14.0 Å². The first-order chi connectivity index (χ1) is 13.1. The fourth-order valence-corrected chi connectivity index (χ4v) is 3.17. The number of halogens is 1. The van der Waals surface area contributed by atoms with Crippen LogP contribution < -0.4 is 10.6 Å². The van der Waals surface area contributed by atoms with E-state index in [4.69, 9.17) is 0 Å². The van der Waals surface area contributed by atoms with E-state index in [0.717, 1.165) is 18.4 Å². The lowest BCUT2D eigenvalue weighted by molar-refractivity contribution is -0.127. The van der Waals surface area contributed by atoms with Gasteiger partial charge in [-0.25, -0.2) is 4.39 Å². The Hall–Kier alpha value is -2.69. The summed E-state index contributed by atoms with van der Waals surface area (Å²) in [6, 6.07) is 16.4. The van der Waals surface area contributed by atoms with Gasteiger partial charge in [0.25, 0.3) is 0 Å². The number of aryl methyl sites for hydroxylation is 1. The Balaban J connectivity index is 1.29. The Bertz CT molecular complexity index is 762. The third-order valence-corrected chi connectivity index (χ3v) is 4.87. The molecule has 0 aliphatic heterocycles. The van der Waals surface area contributed by atoms with Crippen LogP contribution in [-0.2, 0) is 22.4 Å². The van der Waals surface area contributed by atoms with Crippen LogP contribution in [0.5, 0.6) is 0 Å². The summed E-state index contributed by atoms with van der Waals surface area (Å²) in [5, 5.41) is 5.80. The summed E-state index contributed by atoms with van der Waals surface area (Å²) in [7, 11) is 0. The molecule has 2 unspecified atom stereocenters. The smallest absolute Gasteiger partial charge is 0.223 e. The molecule has 0 heterocycles. The molecular formula is C22H25FN2O2. The van der Waals surface area contributed by atoms with E-state index in [1.165, 1.54) is 17.7 Å². The van der Waals surface area contributed by atoms with Crippen LogP contribution in [0, 0.1) is 17.7 Å². The van der Waals surface area contributed by atoms with Gasteiger partial charge in [-0.3, -0.25) is 9.59 Å². The lowest BCUT2D eigenvalue weighted by atomic mass is 10.1. The van der Waals surface area contributed by atoms with Gasteiger partial charge in [0.1, 0.15) is 5.82 Å². The Morgan fingerprint density at radius 1 is 0.815 bits per heavy atom. The predicted molar refractivity (Wildman–Crippen MR) is 102 cm³/mol. The van der Waals surface area contributed by atoms with E-state index < -0.39 is 0 Å². The van der Waals surface area contributed by atoms with Crippen LogP contribution in [0.15, 0.2) is 54.6 Å². The lowest BCUT2D eigenvalue weighted by Gasteiger charge is -2.07. The molecule has 3 rings (SSSR count). The van der Waals surface area contributed by atoms with Gasteiger partial charge in [-0.1, -0.05) is 42.5 Å². The molecule has 0 radical (unpaired) electrons. The van der Waals surface area contributed by atoms with Crippen molar-refractivity contribution >= 4 is 11.8 Å². The third kappa shape index (κ3) is 5.91. The Morgan fingerprint density at radius 2 is 1.41 bits per heavy atom. The molecule has 1 fully saturated rings. The van der Waals surface area contributed by atoms with Gasteiger partial charge in [0.2, 0.25) is 11.8 Å². The molecule has 0 spiro atoms. The standard InChI is InChI=1S/C22H25FN2O2/c23-18-10-8-17(9-11-18)12-14-25-22(27)20-15-19(20)21(26)24-13-4-7-16-5-2-1-3-6-16/h1-3,5-6,8-11,19-20H,4,7,12-15H2,(H,24,26)(H,25,27). The van der Waals surface area contributed by atoms with E-state index in [0.29, 0.717) is 25.9 Å². The van der Waals surface area contributed by atoms with Gasteiger partial charge in [0.05, 0.1) is 11.8 Å². The van der Waals surface area contributed by atoms with E-state index in [2.05, 4.69) is 22.8 Å². The van der Waals surface area contributed by atoms with Gasteiger partial charge in [0.15, 0.2) is 0 Å². The molecule has 1 aliphatic rings. The molecule has 0 aromatic heterocycles. The SMILES string of the molecule is O=C(NCCCc1ccccc1)C1CC1C(=O)NCCc1ccc(F)cc1. The molecule has 2 aromatic carbocycles. The summed E-state index contributed by atoms with van der Waals surface area (Å²) < 4.78 is 12.9. The Kier molecular flexibility index (Phi) is 6.58. The van der Waals surface area contributed by atoms with Crippen LogP contribution in [0.1, 0.15) is 24.0 Å². The first-order valence-electron chi connectivity index (χ1n) is 9.47. The van der Waals surface area contributed by atoms with Gasteiger partial charge in [-0.2, -0.15) is 0 Å². The number of carbonyl (C=O) groups is 2. The van der Waals surface area contributed by atoms with Crippen LogP contribution in [-0.4, -0.2) is 24.9 Å². The molecule has 142 valence electrons. The number of hydrogen-bond acceptors (Lipinski definition) is 2. The Labute approximate surface area is 159 Å². The van der Waals surface area contributed by atoms with Gasteiger partial charge >= 0.3 is 0 Å². The zero-order chi connectivity index (χ0) is 19.1. The van der Waals surface area contributed by atoms with Gasteiger partial charge in [0, 0.05) is 13.1 Å². The molecule has 2 aromatic rings. The minimum Gasteiger partial charge on any atom is -0.356 e. The number of hydrogen-bond donors (Lipinski definition) is 2. The van der Waals surface area contributed by atoms with Gasteiger partial charge in [-0.05, 0) is 48.9 Å². The normalized spacial score (nSPS) is 18.0. The molecular weight excluding hydrogens is 343 g/mol. The molecule has 27 heavy (non-hydrogen) atoms. The highest BCUT2D eigenvalue weighted by Gasteiger charge is 2.47. The summed E-state index contributed by atoms with van der Waals surface area (Å²) in [5.41, 5.74) is 2.23. The Morgan fingerprint density at radius 3 is 2.07 bits per heavy atom. The fourth-order valence-electron chi connectivity index (χ4n) is 3.17. The molecule has 2 N–H and O–H groups in total. The number of benzene rings is 2. The summed E-state index contributed by atoms with van der Waals surface area (Å²) in [6.45, 7) is 1.12. The van der Waals surface area contributed by atoms with E-state index in [1.807, 2.05) is 18.2 Å². The van der Waals surface area contributed by atoms with Crippen LogP contribution in [0.2, 0.25) is 0 Å². The molecule has 0 saturated heterocycles. The van der Waals surface area contributed by atoms with Crippen molar-refractivity contribution in [1.29, 1.82) is 0 Å². The molecule has 0 bridgehead atoms. The maximum Gasteiger partial charge on any atom is 0.223 e. The summed E-state index contributed by atoms with van der Waals surface area (Å²) in [6.07, 6.45) is 3.08. The zero-order valence-corrected chi connectivity index (χ0v) is 15.3. The average Bonchev–Trinajstić information content (AvgIpc) is 3.48. The second-order valence-corrected chi connectivity index (χ2v) is 7.00. The minimum absolute atomic E-state index is 0.0262. The number of amides is 2. The topological polar surface area (TPSA) is 58.2 Å². The number of rotatable bonds is 9. The fraction of sp³-hybridized carbons (Fsp3) is 0.364. The molecule has 1 aliphatic carbocycles. The van der Waals surface area contributed by atoms with Crippen molar-refractivity contribution < 1.29 is 14.0 Å². The molecule has 2 amide bonds. The quantitative estimate of drug-likeness (QED) is 0.669. The first-order valence-corrected chi connectivity index (χ1v) is 9.47. The van der Waals surface area contributed by atoms with Crippen molar-refractivity contribution in [3.8, 4) is 0 Å². The average molecular weight is 368 g/mol. The van der Waals surface area contributed by atoms with Crippen LogP contribution in [0.4, 0.5) is 4.39 Å². The van der Waals surface area contributed by atoms with Crippen molar-refractivity contribution in [3.63, 3.8) is 0 Å². The second kappa shape index (κ2) is 9.31. The maximum absolute atomic E-state index is 12.9. The second-order valence-electron chi connectivity index (χ2n) is 7.00. The van der Waals surface area contributed by atoms with Crippen LogP contribution >= 0.6 is 0 Å². The van der Waals surface area contributed by atoms with Gasteiger partial charge in [-0.15, -0.1) is 0 Å². The molecule has 5 heteroatoms. The number of carbonyl (C=O) groups excluding carboxylic acids is 2. The lowest BCUT2D eigenvalue weighted by Crippen LogP contribution is -2.31. The van der Waals surface area contributed by atoms with Crippen LogP contribution in [0.3, 0.4) is 0 Å². The van der Waals surface area contributed by atoms with E-state index in [1.54, 1.807) is 12.1 Å². The van der Waals surface area contributed by atoms with Crippen molar-refractivity contribution in [2.24, 2.45) is 11.8 Å². The van der Waals surface area contributed by atoms with Crippen molar-refractivity contribution in [3.05, 3.63) is 71.5 Å². The highest BCUT2D eigenvalue weighted by atomic mass is 19.1. The summed E-state index contributed by atoms with van der Waals surface area (Å²) >= 11 is 0. The zero-order valence-electron chi connectivity index (χ0n) is 15.3. The van der Waals surface area contributed by atoms with Gasteiger partial charge < -0.3 is 10.6 Å². The highest BCUT2D eigenvalue weighted by molar-refractivity contribution is 5.92. The van der Waals surface area contributed by atoms with E-state index >= 15 is 0 Å². The first kappa shape index (κ1) is 19.1. The monoisotopic (exact) mass is 368 g/mol.